The molecule has 2 amide bonds. The Hall–Kier alpha value is -2.72. The summed E-state index contributed by atoms with van der Waals surface area (Å²) in [5.74, 6) is 0.0885. The van der Waals surface area contributed by atoms with Crippen molar-refractivity contribution in [2.24, 2.45) is 16.8 Å². The Morgan fingerprint density at radius 2 is 1.87 bits per heavy atom. The minimum absolute atomic E-state index is 0.0793. The first-order valence-corrected chi connectivity index (χ1v) is 14.2. The number of hydrogen-bond acceptors (Lipinski definition) is 7. The molecule has 4 heterocycles. The highest BCUT2D eigenvalue weighted by Crippen LogP contribution is 2.38. The van der Waals surface area contributed by atoms with Crippen molar-refractivity contribution in [1.29, 1.82) is 0 Å². The Morgan fingerprint density at radius 1 is 1.18 bits per heavy atom. The number of ether oxygens (including phenoxy) is 1. The van der Waals surface area contributed by atoms with E-state index in [0.717, 1.165) is 60.4 Å². The van der Waals surface area contributed by atoms with Crippen molar-refractivity contribution in [3.05, 3.63) is 35.3 Å². The number of allylic oxidation sites excluding steroid dienone is 2. The van der Waals surface area contributed by atoms with Crippen molar-refractivity contribution in [3.63, 3.8) is 0 Å². The van der Waals surface area contributed by atoms with Gasteiger partial charge in [-0.05, 0) is 71.8 Å². The molecule has 2 atom stereocenters. The van der Waals surface area contributed by atoms with E-state index in [1.54, 1.807) is 0 Å². The first kappa shape index (κ1) is 29.3. The number of rotatable bonds is 6. The minimum atomic E-state index is -0.662. The summed E-state index contributed by atoms with van der Waals surface area (Å²) in [6, 6.07) is 3.33. The van der Waals surface area contributed by atoms with Gasteiger partial charge in [-0.15, -0.1) is 0 Å². The van der Waals surface area contributed by atoms with Crippen LogP contribution in [0.4, 0.5) is 4.79 Å². The molecule has 0 saturated carbocycles. The van der Waals surface area contributed by atoms with E-state index in [9.17, 15) is 9.59 Å². The normalized spacial score (nSPS) is 25.1. The second kappa shape index (κ2) is 11.4. The van der Waals surface area contributed by atoms with Gasteiger partial charge in [0.2, 0.25) is 5.91 Å². The van der Waals surface area contributed by atoms with Crippen LogP contribution in [0.5, 0.6) is 0 Å². The zero-order chi connectivity index (χ0) is 28.5. The highest BCUT2D eigenvalue weighted by Gasteiger charge is 2.52. The van der Waals surface area contributed by atoms with E-state index in [1.807, 2.05) is 64.8 Å². The van der Waals surface area contributed by atoms with Gasteiger partial charge >= 0.3 is 13.2 Å². The number of aliphatic imine (C=N–C) groups is 1. The zero-order valence-electron chi connectivity index (χ0n) is 24.7. The second-order valence-electron chi connectivity index (χ2n) is 12.0. The average Bonchev–Trinajstić information content (AvgIpc) is 3.47. The molecule has 1 N–H and O–H groups in total. The van der Waals surface area contributed by atoms with Crippen molar-refractivity contribution in [1.82, 2.24) is 15.2 Å². The number of aromatic nitrogens is 1. The summed E-state index contributed by atoms with van der Waals surface area (Å²) in [6.45, 7) is 14.8. The van der Waals surface area contributed by atoms with Crippen LogP contribution in [0.25, 0.3) is 0 Å². The average molecular weight is 538 g/mol. The molecule has 2 fully saturated rings. The summed E-state index contributed by atoms with van der Waals surface area (Å²) in [4.78, 5) is 37.3. The van der Waals surface area contributed by atoms with E-state index in [2.05, 4.69) is 17.2 Å². The molecule has 2 saturated heterocycles. The fourth-order valence-corrected chi connectivity index (χ4v) is 5.38. The lowest BCUT2D eigenvalue weighted by atomic mass is 9.83. The second-order valence-corrected chi connectivity index (χ2v) is 12.0. The molecule has 212 valence electrons. The number of nitrogens with zero attached hydrogens (tertiary/aromatic N) is 3. The van der Waals surface area contributed by atoms with Gasteiger partial charge in [0.05, 0.1) is 29.6 Å². The molecule has 0 aromatic carbocycles. The topological polar surface area (TPSA) is 102 Å². The summed E-state index contributed by atoms with van der Waals surface area (Å²) in [6.07, 6.45) is 5.67. The van der Waals surface area contributed by atoms with E-state index >= 15 is 0 Å². The third-order valence-electron chi connectivity index (χ3n) is 8.55. The number of methoxy groups -OCH3 is 1. The number of hydrogen-bond donors (Lipinski definition) is 1. The maximum Gasteiger partial charge on any atom is 0.514 e. The first-order chi connectivity index (χ1) is 18.4. The number of likely N-dealkylation sites (tertiary alicyclic amines) is 1. The number of alkyl carbamates (subject to hydrolysis) is 1. The van der Waals surface area contributed by atoms with Gasteiger partial charge in [-0.2, -0.15) is 0 Å². The maximum absolute atomic E-state index is 13.6. The summed E-state index contributed by atoms with van der Waals surface area (Å²) in [5, 5.41) is 2.72. The lowest BCUT2D eigenvalue weighted by molar-refractivity contribution is -0.131. The predicted molar refractivity (Wildman–Crippen MR) is 152 cm³/mol. The Labute approximate surface area is 232 Å². The molecule has 0 radical (unpaired) electrons. The molecular formula is C29H43BN4O5. The fraction of sp³-hybridized carbons (Fsp3) is 0.655. The lowest BCUT2D eigenvalue weighted by Crippen LogP contribution is -2.50. The van der Waals surface area contributed by atoms with E-state index < -0.39 is 30.5 Å². The van der Waals surface area contributed by atoms with Crippen molar-refractivity contribution < 1.29 is 23.6 Å². The Kier molecular flexibility index (Phi) is 8.57. The molecule has 3 aliphatic heterocycles. The van der Waals surface area contributed by atoms with Gasteiger partial charge in [0.25, 0.3) is 0 Å². The number of carbonyl (C=O) groups is 2. The van der Waals surface area contributed by atoms with Crippen LogP contribution in [0, 0.1) is 11.8 Å². The smallest absolute Gasteiger partial charge is 0.453 e. The molecule has 10 heteroatoms. The van der Waals surface area contributed by atoms with Crippen molar-refractivity contribution in [2.75, 3.05) is 13.7 Å². The van der Waals surface area contributed by atoms with Crippen LogP contribution in [0.15, 0.2) is 34.7 Å². The number of pyridine rings is 1. The zero-order valence-corrected chi connectivity index (χ0v) is 24.7. The fourth-order valence-electron chi connectivity index (χ4n) is 5.38. The van der Waals surface area contributed by atoms with Gasteiger partial charge in [-0.3, -0.25) is 14.8 Å². The Bertz CT molecular complexity index is 1130. The third-order valence-corrected chi connectivity index (χ3v) is 8.55. The highest BCUT2D eigenvalue weighted by molar-refractivity contribution is 6.61. The molecule has 4 rings (SSSR count). The van der Waals surface area contributed by atoms with E-state index in [1.165, 1.54) is 7.11 Å². The molecule has 9 nitrogen and oxygen atoms in total. The van der Waals surface area contributed by atoms with Crippen molar-refractivity contribution in [3.8, 4) is 0 Å². The largest absolute Gasteiger partial charge is 0.514 e. The van der Waals surface area contributed by atoms with Gasteiger partial charge in [0, 0.05) is 35.6 Å². The Morgan fingerprint density at radius 3 is 2.44 bits per heavy atom. The van der Waals surface area contributed by atoms with Crippen molar-refractivity contribution >= 4 is 30.4 Å². The number of amides is 2. The molecule has 0 spiro atoms. The molecule has 0 aliphatic carbocycles. The van der Waals surface area contributed by atoms with Gasteiger partial charge < -0.3 is 24.3 Å². The van der Waals surface area contributed by atoms with E-state index in [4.69, 9.17) is 19.0 Å². The molecule has 2 unspecified atom stereocenters. The number of carbonyl (C=O) groups excluding carboxylic acids is 2. The summed E-state index contributed by atoms with van der Waals surface area (Å²) in [5.41, 5.74) is 3.79. The van der Waals surface area contributed by atoms with Gasteiger partial charge in [0.1, 0.15) is 6.04 Å². The van der Waals surface area contributed by atoms with Crippen LogP contribution < -0.4 is 10.9 Å². The molecular weight excluding hydrogens is 495 g/mol. The molecule has 0 bridgehead atoms. The summed E-state index contributed by atoms with van der Waals surface area (Å²) < 4.78 is 17.1. The van der Waals surface area contributed by atoms with Crippen LogP contribution in [-0.2, 0) is 18.8 Å². The standard InChI is InChI=1S/C29H43BN4O5/c1-9-19-12-14-21(20-13-15-23(31-17-20)30-38-28(4,5)29(6,7)39-30)32-25(19)22-11-10-16-34(22)26(35)24(18(2)3)33-27(36)37-8/h13,15,17-19,24H,9-12,14,16H2,1-8H3,(H,33,36)/b25-22-. The quantitative estimate of drug-likeness (QED) is 0.545. The van der Waals surface area contributed by atoms with Gasteiger partial charge in [-0.25, -0.2) is 4.79 Å². The van der Waals surface area contributed by atoms with Crippen molar-refractivity contribution in [2.45, 2.75) is 97.8 Å². The third kappa shape index (κ3) is 5.92. The minimum Gasteiger partial charge on any atom is -0.453 e. The SMILES string of the molecule is CCC1CCC(c2ccc(B3OC(C)(C)C(C)(C)O3)nc2)=N/C1=C1/CCCN1C(=O)C(NC(=O)OC)C(C)C. The van der Waals surface area contributed by atoms with Gasteiger partial charge in [-0.1, -0.05) is 26.8 Å². The highest BCUT2D eigenvalue weighted by atomic mass is 16.7. The molecule has 39 heavy (non-hydrogen) atoms. The first-order valence-electron chi connectivity index (χ1n) is 14.2. The summed E-state index contributed by atoms with van der Waals surface area (Å²) >= 11 is 0. The van der Waals surface area contributed by atoms with Crippen LogP contribution in [0.2, 0.25) is 0 Å². The lowest BCUT2D eigenvalue weighted by Gasteiger charge is -2.32. The van der Waals surface area contributed by atoms with Crippen LogP contribution in [0.1, 0.15) is 86.1 Å². The van der Waals surface area contributed by atoms with Crippen LogP contribution in [0.3, 0.4) is 0 Å². The van der Waals surface area contributed by atoms with Gasteiger partial charge in [0.15, 0.2) is 0 Å². The maximum atomic E-state index is 13.6. The van der Waals surface area contributed by atoms with Crippen LogP contribution in [-0.4, -0.2) is 65.6 Å². The molecule has 3 aliphatic rings. The molecule has 1 aromatic heterocycles. The molecule has 1 aromatic rings. The van der Waals surface area contributed by atoms with E-state index in [0.29, 0.717) is 6.54 Å². The summed E-state index contributed by atoms with van der Waals surface area (Å²) in [7, 11) is 0.798. The monoisotopic (exact) mass is 538 g/mol. The predicted octanol–water partition coefficient (Wildman–Crippen LogP) is 4.20. The van der Waals surface area contributed by atoms with E-state index in [-0.39, 0.29) is 17.7 Å². The Balaban J connectivity index is 1.61. The number of nitrogens with one attached hydrogen (secondary N) is 1. The van der Waals surface area contributed by atoms with Crippen LogP contribution >= 0.6 is 0 Å².